The van der Waals surface area contributed by atoms with Crippen LogP contribution >= 0.6 is 0 Å². The van der Waals surface area contributed by atoms with E-state index in [-0.39, 0.29) is 5.78 Å². The van der Waals surface area contributed by atoms with E-state index in [9.17, 15) is 4.79 Å². The maximum Gasteiger partial charge on any atom is 0.193 e. The molecular formula is C34H24O. The minimum absolute atomic E-state index is 0.160. The Morgan fingerprint density at radius 2 is 0.743 bits per heavy atom. The Morgan fingerprint density at radius 1 is 0.371 bits per heavy atom. The molecule has 0 bridgehead atoms. The fourth-order valence-corrected chi connectivity index (χ4v) is 5.06. The number of carbonyl (C=O) groups excluding carboxylic acids is 1. The SMILES string of the molecule is O=C1c2ccccc2Cc2ccccc21.c1ccc2c(-c3cccc4ccccc34)cccc2c1. The third-order valence-corrected chi connectivity index (χ3v) is 6.77. The highest BCUT2D eigenvalue weighted by Gasteiger charge is 2.21. The maximum atomic E-state index is 12.1. The van der Waals surface area contributed by atoms with Crippen LogP contribution in [-0.2, 0) is 6.42 Å². The van der Waals surface area contributed by atoms with Crippen molar-refractivity contribution in [3.63, 3.8) is 0 Å². The van der Waals surface area contributed by atoms with Crippen LogP contribution in [0, 0.1) is 0 Å². The molecule has 0 aliphatic heterocycles. The Labute approximate surface area is 205 Å². The highest BCUT2D eigenvalue weighted by atomic mass is 16.1. The smallest absolute Gasteiger partial charge is 0.193 e. The first-order valence-electron chi connectivity index (χ1n) is 12.0. The molecule has 6 aromatic carbocycles. The molecule has 0 unspecified atom stereocenters. The first-order valence-corrected chi connectivity index (χ1v) is 12.0. The Kier molecular flexibility index (Phi) is 5.44. The average molecular weight is 449 g/mol. The zero-order valence-electron chi connectivity index (χ0n) is 19.3. The molecule has 0 atom stereocenters. The molecule has 0 saturated carbocycles. The van der Waals surface area contributed by atoms with Gasteiger partial charge >= 0.3 is 0 Å². The van der Waals surface area contributed by atoms with Crippen LogP contribution in [0.5, 0.6) is 0 Å². The van der Waals surface area contributed by atoms with Gasteiger partial charge in [0.1, 0.15) is 0 Å². The van der Waals surface area contributed by atoms with E-state index in [1.54, 1.807) is 0 Å². The van der Waals surface area contributed by atoms with Gasteiger partial charge in [-0.3, -0.25) is 4.79 Å². The van der Waals surface area contributed by atoms with Crippen molar-refractivity contribution in [3.8, 4) is 11.1 Å². The predicted molar refractivity (Wildman–Crippen MR) is 146 cm³/mol. The van der Waals surface area contributed by atoms with Crippen LogP contribution in [0.1, 0.15) is 27.0 Å². The molecule has 1 nitrogen and oxygen atoms in total. The molecule has 1 aliphatic carbocycles. The zero-order chi connectivity index (χ0) is 23.6. The first-order chi connectivity index (χ1) is 17.3. The van der Waals surface area contributed by atoms with Crippen LogP contribution in [0.25, 0.3) is 32.7 Å². The maximum absolute atomic E-state index is 12.1. The molecule has 0 saturated heterocycles. The molecule has 0 N–H and O–H groups in total. The lowest BCUT2D eigenvalue weighted by Gasteiger charge is -2.17. The Morgan fingerprint density at radius 3 is 1.26 bits per heavy atom. The van der Waals surface area contributed by atoms with Crippen LogP contribution in [0.15, 0.2) is 133 Å². The summed E-state index contributed by atoms with van der Waals surface area (Å²) in [6, 6.07) is 45.9. The van der Waals surface area contributed by atoms with E-state index in [4.69, 9.17) is 0 Å². The third-order valence-electron chi connectivity index (χ3n) is 6.77. The number of benzene rings is 6. The van der Waals surface area contributed by atoms with Gasteiger partial charge in [0.15, 0.2) is 5.78 Å². The highest BCUT2D eigenvalue weighted by Crippen LogP contribution is 2.33. The minimum atomic E-state index is 0.160. The average Bonchev–Trinajstić information content (AvgIpc) is 2.93. The lowest BCUT2D eigenvalue weighted by atomic mass is 9.85. The summed E-state index contributed by atoms with van der Waals surface area (Å²) in [6.45, 7) is 0. The van der Waals surface area contributed by atoms with Crippen molar-refractivity contribution >= 4 is 27.3 Å². The van der Waals surface area contributed by atoms with E-state index < -0.39 is 0 Å². The van der Waals surface area contributed by atoms with Gasteiger partial charge in [0, 0.05) is 11.1 Å². The van der Waals surface area contributed by atoms with Crippen molar-refractivity contribution < 1.29 is 4.79 Å². The van der Waals surface area contributed by atoms with Gasteiger partial charge in [-0.05, 0) is 50.2 Å². The second-order valence-corrected chi connectivity index (χ2v) is 8.87. The molecule has 0 amide bonds. The van der Waals surface area contributed by atoms with Crippen LogP contribution in [0.4, 0.5) is 0 Å². The molecule has 35 heavy (non-hydrogen) atoms. The second kappa shape index (κ2) is 9.04. The van der Waals surface area contributed by atoms with Gasteiger partial charge in [0.25, 0.3) is 0 Å². The van der Waals surface area contributed by atoms with Gasteiger partial charge in [-0.15, -0.1) is 0 Å². The molecule has 7 rings (SSSR count). The zero-order valence-corrected chi connectivity index (χ0v) is 19.3. The molecule has 0 fully saturated rings. The van der Waals surface area contributed by atoms with Gasteiger partial charge in [0.2, 0.25) is 0 Å². The number of ketones is 1. The molecular weight excluding hydrogens is 424 g/mol. The normalized spacial score (nSPS) is 11.9. The molecule has 0 heterocycles. The van der Waals surface area contributed by atoms with Gasteiger partial charge in [-0.2, -0.15) is 0 Å². The summed E-state index contributed by atoms with van der Waals surface area (Å²) in [5.74, 6) is 0.160. The highest BCUT2D eigenvalue weighted by molar-refractivity contribution is 6.12. The van der Waals surface area contributed by atoms with Crippen molar-refractivity contribution in [2.45, 2.75) is 6.42 Å². The van der Waals surface area contributed by atoms with Gasteiger partial charge in [0.05, 0.1) is 0 Å². The molecule has 0 spiro atoms. The van der Waals surface area contributed by atoms with Crippen LogP contribution in [-0.4, -0.2) is 5.78 Å². The van der Waals surface area contributed by atoms with Gasteiger partial charge in [-0.25, -0.2) is 0 Å². The minimum Gasteiger partial charge on any atom is -0.289 e. The lowest BCUT2D eigenvalue weighted by Crippen LogP contribution is -2.14. The summed E-state index contributed by atoms with van der Waals surface area (Å²) in [5, 5.41) is 5.20. The van der Waals surface area contributed by atoms with E-state index in [1.165, 1.54) is 32.7 Å². The van der Waals surface area contributed by atoms with E-state index in [0.29, 0.717) is 0 Å². The Bertz CT molecular complexity index is 1560. The summed E-state index contributed by atoms with van der Waals surface area (Å²) >= 11 is 0. The molecule has 166 valence electrons. The number of hydrogen-bond acceptors (Lipinski definition) is 1. The summed E-state index contributed by atoms with van der Waals surface area (Å²) in [7, 11) is 0. The molecule has 1 aliphatic rings. The Balaban J connectivity index is 0.000000136. The number of rotatable bonds is 1. The van der Waals surface area contributed by atoms with E-state index in [0.717, 1.165) is 28.7 Å². The van der Waals surface area contributed by atoms with Gasteiger partial charge in [-0.1, -0.05) is 133 Å². The van der Waals surface area contributed by atoms with E-state index in [1.807, 2.05) is 48.5 Å². The molecule has 0 aromatic heterocycles. The topological polar surface area (TPSA) is 17.1 Å². The van der Waals surface area contributed by atoms with Crippen molar-refractivity contribution in [3.05, 3.63) is 156 Å². The second-order valence-electron chi connectivity index (χ2n) is 8.87. The molecule has 0 radical (unpaired) electrons. The number of carbonyl (C=O) groups is 1. The monoisotopic (exact) mass is 448 g/mol. The van der Waals surface area contributed by atoms with Crippen LogP contribution < -0.4 is 0 Å². The third kappa shape index (κ3) is 3.92. The first kappa shape index (κ1) is 21.1. The van der Waals surface area contributed by atoms with E-state index >= 15 is 0 Å². The Hall–Kier alpha value is -4.49. The van der Waals surface area contributed by atoms with Crippen LogP contribution in [0.3, 0.4) is 0 Å². The van der Waals surface area contributed by atoms with Gasteiger partial charge < -0.3 is 0 Å². The van der Waals surface area contributed by atoms with Crippen molar-refractivity contribution in [2.24, 2.45) is 0 Å². The van der Waals surface area contributed by atoms with Crippen molar-refractivity contribution in [2.75, 3.05) is 0 Å². The number of fused-ring (bicyclic) bond motifs is 4. The van der Waals surface area contributed by atoms with E-state index in [2.05, 4.69) is 84.9 Å². The standard InChI is InChI=1S/C20H14.C14H10O/c1-3-11-17-15(7-1)9-5-13-19(17)20-14-6-10-16-8-2-4-12-18(16)20;15-14-12-7-3-1-5-10(12)9-11-6-2-4-8-13(11)14/h1-14H;1-8H,9H2. The molecule has 6 aromatic rings. The summed E-state index contributed by atoms with van der Waals surface area (Å²) in [5.41, 5.74) is 6.61. The van der Waals surface area contributed by atoms with Crippen LogP contribution in [0.2, 0.25) is 0 Å². The fraction of sp³-hybridized carbons (Fsp3) is 0.0294. The fourth-order valence-electron chi connectivity index (χ4n) is 5.06. The lowest BCUT2D eigenvalue weighted by molar-refractivity contribution is 0.103. The number of hydrogen-bond donors (Lipinski definition) is 0. The van der Waals surface area contributed by atoms with Crippen molar-refractivity contribution in [1.82, 2.24) is 0 Å². The summed E-state index contributed by atoms with van der Waals surface area (Å²) < 4.78 is 0. The predicted octanol–water partition coefficient (Wildman–Crippen LogP) is 8.48. The quantitative estimate of drug-likeness (QED) is 0.246. The summed E-state index contributed by atoms with van der Waals surface area (Å²) in [6.07, 6.45) is 0.873. The van der Waals surface area contributed by atoms with Crippen molar-refractivity contribution in [1.29, 1.82) is 0 Å². The summed E-state index contributed by atoms with van der Waals surface area (Å²) in [4.78, 5) is 12.1. The molecule has 1 heteroatoms. The largest absolute Gasteiger partial charge is 0.289 e.